The summed E-state index contributed by atoms with van der Waals surface area (Å²) in [7, 11) is 0. The van der Waals surface area contributed by atoms with Crippen LogP contribution in [0.3, 0.4) is 0 Å². The Balaban J connectivity index is 1.75. The molecule has 2 saturated carbocycles. The molecule has 4 nitrogen and oxygen atoms in total. The highest BCUT2D eigenvalue weighted by atomic mass is 16.5. The van der Waals surface area contributed by atoms with Gasteiger partial charge in [-0.1, -0.05) is 0 Å². The number of amides is 1. The van der Waals surface area contributed by atoms with Crippen LogP contribution in [0.25, 0.3) is 0 Å². The lowest BCUT2D eigenvalue weighted by Gasteiger charge is -2.39. The molecule has 0 bridgehead atoms. The van der Waals surface area contributed by atoms with E-state index in [9.17, 15) is 4.79 Å². The number of carbonyl (C=O) groups excluding carboxylic acids is 1. The largest absolute Gasteiger partial charge is 0.374 e. The zero-order chi connectivity index (χ0) is 11.2. The average Bonchev–Trinajstić information content (AvgIpc) is 2.98. The lowest BCUT2D eigenvalue weighted by Crippen LogP contribution is -2.54. The van der Waals surface area contributed by atoms with Gasteiger partial charge >= 0.3 is 0 Å². The highest BCUT2D eigenvalue weighted by Gasteiger charge is 2.53. The van der Waals surface area contributed by atoms with Crippen molar-refractivity contribution in [2.24, 2.45) is 11.1 Å². The van der Waals surface area contributed by atoms with Crippen molar-refractivity contribution in [1.82, 2.24) is 4.90 Å². The number of fused-ring (bicyclic) bond motifs is 1. The van der Waals surface area contributed by atoms with E-state index < -0.39 is 0 Å². The number of nitrogens with two attached hydrogens (primary N) is 1. The van der Waals surface area contributed by atoms with Crippen LogP contribution in [0.5, 0.6) is 0 Å². The molecular weight excluding hydrogens is 204 g/mol. The summed E-state index contributed by atoms with van der Waals surface area (Å²) in [6.07, 6.45) is 5.68. The van der Waals surface area contributed by atoms with Gasteiger partial charge in [0.15, 0.2) is 0 Å². The van der Waals surface area contributed by atoms with Gasteiger partial charge < -0.3 is 15.4 Å². The van der Waals surface area contributed by atoms with E-state index in [4.69, 9.17) is 10.5 Å². The lowest BCUT2D eigenvalue weighted by molar-refractivity contribution is -0.149. The van der Waals surface area contributed by atoms with Crippen molar-refractivity contribution in [3.63, 3.8) is 0 Å². The van der Waals surface area contributed by atoms with Gasteiger partial charge in [-0.15, -0.1) is 0 Å². The molecule has 90 valence electrons. The maximum absolute atomic E-state index is 12.4. The third kappa shape index (κ3) is 1.47. The topological polar surface area (TPSA) is 55.6 Å². The first-order valence-electron chi connectivity index (χ1n) is 6.40. The molecular formula is C12H20N2O2. The van der Waals surface area contributed by atoms with Crippen molar-refractivity contribution in [2.75, 3.05) is 19.7 Å². The van der Waals surface area contributed by atoms with Crippen molar-refractivity contribution < 1.29 is 9.53 Å². The van der Waals surface area contributed by atoms with Crippen molar-refractivity contribution >= 4 is 5.91 Å². The van der Waals surface area contributed by atoms with Crippen LogP contribution in [-0.2, 0) is 9.53 Å². The normalized spacial score (nSPS) is 35.9. The van der Waals surface area contributed by atoms with Gasteiger partial charge in [0.1, 0.15) is 0 Å². The van der Waals surface area contributed by atoms with E-state index in [-0.39, 0.29) is 5.41 Å². The highest BCUT2D eigenvalue weighted by molar-refractivity contribution is 5.86. The zero-order valence-electron chi connectivity index (χ0n) is 9.65. The molecule has 16 heavy (non-hydrogen) atoms. The fraction of sp³-hybridized carbons (Fsp3) is 0.917. The van der Waals surface area contributed by atoms with Crippen molar-refractivity contribution in [2.45, 2.75) is 44.2 Å². The maximum atomic E-state index is 12.4. The predicted molar refractivity (Wildman–Crippen MR) is 59.8 cm³/mol. The summed E-state index contributed by atoms with van der Waals surface area (Å²) in [6.45, 7) is 1.98. The molecule has 0 aromatic rings. The van der Waals surface area contributed by atoms with Crippen LogP contribution in [-0.4, -0.2) is 42.6 Å². The summed E-state index contributed by atoms with van der Waals surface area (Å²) in [5.41, 5.74) is 5.54. The van der Waals surface area contributed by atoms with Crippen LogP contribution >= 0.6 is 0 Å². The average molecular weight is 224 g/mol. The molecule has 2 unspecified atom stereocenters. The molecule has 1 saturated heterocycles. The quantitative estimate of drug-likeness (QED) is 0.743. The van der Waals surface area contributed by atoms with Gasteiger partial charge in [-0.05, 0) is 32.1 Å². The van der Waals surface area contributed by atoms with Gasteiger partial charge in [-0.25, -0.2) is 0 Å². The molecule has 0 spiro atoms. The van der Waals surface area contributed by atoms with E-state index in [1.54, 1.807) is 0 Å². The Labute approximate surface area is 96.1 Å². The molecule has 0 aromatic carbocycles. The van der Waals surface area contributed by atoms with Crippen molar-refractivity contribution in [1.29, 1.82) is 0 Å². The Kier molecular flexibility index (Phi) is 2.44. The summed E-state index contributed by atoms with van der Waals surface area (Å²) in [6, 6.07) is 0.338. The van der Waals surface area contributed by atoms with Gasteiger partial charge in [-0.2, -0.15) is 0 Å². The SMILES string of the molecule is NCC1(C(=O)N2CCOC3CCCC32)CC1. The molecule has 3 aliphatic rings. The molecule has 2 N–H and O–H groups in total. The second-order valence-electron chi connectivity index (χ2n) is 5.39. The van der Waals surface area contributed by atoms with Crippen molar-refractivity contribution in [3.05, 3.63) is 0 Å². The van der Waals surface area contributed by atoms with Gasteiger partial charge in [0.2, 0.25) is 5.91 Å². The predicted octanol–water partition coefficient (Wildman–Crippen LogP) is 0.505. The minimum Gasteiger partial charge on any atom is -0.374 e. The summed E-state index contributed by atoms with van der Waals surface area (Å²) in [5, 5.41) is 0. The molecule has 0 radical (unpaired) electrons. The summed E-state index contributed by atoms with van der Waals surface area (Å²) in [5.74, 6) is 0.301. The molecule has 0 aromatic heterocycles. The van der Waals surface area contributed by atoms with Crippen LogP contribution in [0.1, 0.15) is 32.1 Å². The minimum atomic E-state index is -0.190. The van der Waals surface area contributed by atoms with E-state index in [1.165, 1.54) is 6.42 Å². The van der Waals surface area contributed by atoms with Crippen LogP contribution < -0.4 is 5.73 Å². The van der Waals surface area contributed by atoms with E-state index >= 15 is 0 Å². The summed E-state index contributed by atoms with van der Waals surface area (Å²) in [4.78, 5) is 14.5. The first-order chi connectivity index (χ1) is 7.77. The number of rotatable bonds is 2. The molecule has 3 rings (SSSR count). The number of morpholine rings is 1. The molecule has 2 aliphatic carbocycles. The Hall–Kier alpha value is -0.610. The van der Waals surface area contributed by atoms with Crippen LogP contribution in [0.15, 0.2) is 0 Å². The fourth-order valence-electron chi connectivity index (χ4n) is 3.14. The number of ether oxygens (including phenoxy) is 1. The standard InChI is InChI=1S/C12H20N2O2/c13-8-12(4-5-12)11(15)14-6-7-16-10-3-1-2-9(10)14/h9-10H,1-8,13H2. The zero-order valence-corrected chi connectivity index (χ0v) is 9.65. The molecule has 1 amide bonds. The highest BCUT2D eigenvalue weighted by Crippen LogP contribution is 2.47. The van der Waals surface area contributed by atoms with E-state index in [0.717, 1.165) is 32.2 Å². The number of nitrogens with zero attached hydrogens (tertiary/aromatic N) is 1. The molecule has 2 atom stereocenters. The minimum absolute atomic E-state index is 0.190. The molecule has 4 heteroatoms. The maximum Gasteiger partial charge on any atom is 0.230 e. The first-order valence-corrected chi connectivity index (χ1v) is 6.40. The number of carbonyl (C=O) groups is 1. The van der Waals surface area contributed by atoms with E-state index in [1.807, 2.05) is 0 Å². The van der Waals surface area contributed by atoms with Gasteiger partial charge in [0, 0.05) is 13.1 Å². The second-order valence-corrected chi connectivity index (χ2v) is 5.39. The van der Waals surface area contributed by atoms with Crippen LogP contribution in [0.2, 0.25) is 0 Å². The molecule has 1 heterocycles. The smallest absolute Gasteiger partial charge is 0.230 e. The third-order valence-corrected chi connectivity index (χ3v) is 4.44. The van der Waals surface area contributed by atoms with Crippen LogP contribution in [0, 0.1) is 5.41 Å². The third-order valence-electron chi connectivity index (χ3n) is 4.44. The van der Waals surface area contributed by atoms with Crippen LogP contribution in [0.4, 0.5) is 0 Å². The monoisotopic (exact) mass is 224 g/mol. The Morgan fingerprint density at radius 2 is 2.25 bits per heavy atom. The summed E-state index contributed by atoms with van der Waals surface area (Å²) >= 11 is 0. The lowest BCUT2D eigenvalue weighted by atomic mass is 10.0. The second kappa shape index (κ2) is 3.70. The molecule has 1 aliphatic heterocycles. The Morgan fingerprint density at radius 3 is 2.94 bits per heavy atom. The van der Waals surface area contributed by atoms with E-state index in [2.05, 4.69) is 4.90 Å². The van der Waals surface area contributed by atoms with Gasteiger partial charge in [0.05, 0.1) is 24.2 Å². The van der Waals surface area contributed by atoms with E-state index in [0.29, 0.717) is 31.2 Å². The summed E-state index contributed by atoms with van der Waals surface area (Å²) < 4.78 is 5.72. The Morgan fingerprint density at radius 1 is 1.44 bits per heavy atom. The van der Waals surface area contributed by atoms with Gasteiger partial charge in [0.25, 0.3) is 0 Å². The fourth-order valence-corrected chi connectivity index (χ4v) is 3.14. The number of hydrogen-bond donors (Lipinski definition) is 1. The van der Waals surface area contributed by atoms with Crippen molar-refractivity contribution in [3.8, 4) is 0 Å². The number of hydrogen-bond acceptors (Lipinski definition) is 3. The first kappa shape index (κ1) is 10.5. The molecule has 3 fully saturated rings. The Bertz CT molecular complexity index is 301. The van der Waals surface area contributed by atoms with Gasteiger partial charge in [-0.3, -0.25) is 4.79 Å².